The van der Waals surface area contributed by atoms with Crippen LogP contribution in [-0.2, 0) is 31.9 Å². The van der Waals surface area contributed by atoms with Gasteiger partial charge in [-0.05, 0) is 97.5 Å². The van der Waals surface area contributed by atoms with Crippen LogP contribution in [0.5, 0.6) is 5.75 Å². The quantitative estimate of drug-likeness (QED) is 0.147. The van der Waals surface area contributed by atoms with Gasteiger partial charge in [0, 0.05) is 46.9 Å². The van der Waals surface area contributed by atoms with Crippen molar-refractivity contribution >= 4 is 11.0 Å². The molecule has 0 saturated heterocycles. The summed E-state index contributed by atoms with van der Waals surface area (Å²) >= 11 is 0. The van der Waals surface area contributed by atoms with Crippen LogP contribution in [0.1, 0.15) is 106 Å². The van der Waals surface area contributed by atoms with E-state index in [2.05, 4.69) is 174 Å². The summed E-state index contributed by atoms with van der Waals surface area (Å²) < 4.78 is 20.4. The third kappa shape index (κ3) is 9.34. The minimum atomic E-state index is -0.894. The van der Waals surface area contributed by atoms with Crippen LogP contribution < -0.4 is 0 Å². The maximum atomic E-state index is 12.5. The Morgan fingerprint density at radius 1 is 0.567 bits per heavy atom. The predicted molar refractivity (Wildman–Crippen MR) is 278 cm³/mol. The van der Waals surface area contributed by atoms with Crippen LogP contribution in [-0.4, -0.2) is 19.6 Å². The van der Waals surface area contributed by atoms with Crippen molar-refractivity contribution in [2.45, 2.75) is 91.9 Å². The van der Waals surface area contributed by atoms with E-state index in [-0.39, 0.29) is 37.6 Å². The molecule has 0 fully saturated rings. The number of imidazole rings is 1. The molecular weight excluding hydrogens is 998 g/mol. The molecule has 7 aromatic carbocycles. The Bertz CT molecular complexity index is 3280. The van der Waals surface area contributed by atoms with Crippen molar-refractivity contribution in [2.24, 2.45) is 0 Å². The summed E-state index contributed by atoms with van der Waals surface area (Å²) in [6.45, 7) is 20.6. The zero-order valence-corrected chi connectivity index (χ0v) is 42.5. The Morgan fingerprint density at radius 3 is 1.76 bits per heavy atom. The van der Waals surface area contributed by atoms with Crippen molar-refractivity contribution < 1.29 is 28.9 Å². The molecule has 0 aliphatic rings. The molecule has 0 spiro atoms. The summed E-state index contributed by atoms with van der Waals surface area (Å²) in [4.78, 5) is 10.5. The van der Waals surface area contributed by atoms with E-state index in [0.29, 0.717) is 11.4 Å². The Labute approximate surface area is 414 Å². The molecule has 0 radical (unpaired) electrons. The number of hydrogen-bond donors (Lipinski definition) is 1. The van der Waals surface area contributed by atoms with E-state index in [0.717, 1.165) is 94.7 Å². The number of rotatable bonds is 9. The van der Waals surface area contributed by atoms with Gasteiger partial charge in [-0.25, -0.2) is 4.98 Å². The molecule has 1 N–H and O–H groups in total. The number of phenolic OH excluding ortho intramolecular Hbond substituents is 1. The standard InChI is InChI=1S/C62H60N3O.Pt/c1-39(2)50-23-17-24-51(40(3)4)57(50)43-27-29-49(30-28-43)65-56-26-18-25-52(58(56)64-60(65)53-37-48(61(5,6)7)38-54(59(53)66)62(8,9)10)46-33-45(42-21-15-12-16-22-42)34-47(35-46)55-36-44(31-32-63-55)41-19-13-11-14-20-41;/h11-34,36-40,66H,1-10H3;/q-1;/i39D,40D;. The third-order valence-electron chi connectivity index (χ3n) is 12.7. The van der Waals surface area contributed by atoms with E-state index < -0.39 is 11.8 Å². The summed E-state index contributed by atoms with van der Waals surface area (Å²) in [6.07, 6.45) is 1.87. The summed E-state index contributed by atoms with van der Waals surface area (Å²) in [5.41, 5.74) is 15.9. The Hall–Kier alpha value is -6.35. The van der Waals surface area contributed by atoms with Crippen LogP contribution in [0.2, 0.25) is 0 Å². The number of aromatic hydroxyl groups is 1. The van der Waals surface area contributed by atoms with Gasteiger partial charge in [-0.3, -0.25) is 9.55 Å². The molecule has 9 rings (SSSR count). The number of para-hydroxylation sites is 1. The molecule has 340 valence electrons. The summed E-state index contributed by atoms with van der Waals surface area (Å²) in [5.74, 6) is -0.963. The molecule has 0 aliphatic carbocycles. The number of nitrogens with zero attached hydrogens (tertiary/aromatic N) is 3. The first-order valence-electron chi connectivity index (χ1n) is 24.0. The molecular formula is C62H60N3OPt-. The largest absolute Gasteiger partial charge is 0.507 e. The maximum absolute atomic E-state index is 12.5. The van der Waals surface area contributed by atoms with E-state index >= 15 is 0 Å². The number of benzene rings is 7. The zero-order valence-electron chi connectivity index (χ0n) is 42.2. The smallest absolute Gasteiger partial charge is 0.148 e. The number of aromatic nitrogens is 3. The molecule has 67 heavy (non-hydrogen) atoms. The van der Waals surface area contributed by atoms with Gasteiger partial charge < -0.3 is 5.11 Å². The second kappa shape index (κ2) is 18.7. The van der Waals surface area contributed by atoms with Crippen LogP contribution in [0.3, 0.4) is 0 Å². The molecule has 0 saturated carbocycles. The molecule has 2 heterocycles. The number of pyridine rings is 1. The molecule has 5 heteroatoms. The van der Waals surface area contributed by atoms with Crippen LogP contribution in [0.25, 0.3) is 83.9 Å². The van der Waals surface area contributed by atoms with Crippen molar-refractivity contribution in [3.8, 4) is 78.6 Å². The van der Waals surface area contributed by atoms with Gasteiger partial charge in [0.2, 0.25) is 0 Å². The van der Waals surface area contributed by atoms with Gasteiger partial charge in [0.15, 0.2) is 0 Å². The molecule has 2 aromatic heterocycles. The molecule has 0 bridgehead atoms. The van der Waals surface area contributed by atoms with E-state index in [4.69, 9.17) is 12.7 Å². The van der Waals surface area contributed by atoms with Gasteiger partial charge in [-0.15, -0.1) is 23.8 Å². The average Bonchev–Trinajstić information content (AvgIpc) is 3.70. The van der Waals surface area contributed by atoms with Crippen LogP contribution in [0.15, 0.2) is 164 Å². The van der Waals surface area contributed by atoms with E-state index in [1.54, 1.807) is 0 Å². The van der Waals surface area contributed by atoms with E-state index in [1.165, 1.54) is 0 Å². The van der Waals surface area contributed by atoms with Crippen LogP contribution >= 0.6 is 0 Å². The van der Waals surface area contributed by atoms with Gasteiger partial charge >= 0.3 is 0 Å². The average molecular weight is 1060 g/mol. The number of hydrogen-bond acceptors (Lipinski definition) is 3. The first kappa shape index (κ1) is 44.5. The minimum Gasteiger partial charge on any atom is -0.507 e. The van der Waals surface area contributed by atoms with Gasteiger partial charge in [0.1, 0.15) is 11.6 Å². The monoisotopic (exact) mass is 1060 g/mol. The topological polar surface area (TPSA) is 50.9 Å². The van der Waals surface area contributed by atoms with Crippen LogP contribution in [0, 0.1) is 6.07 Å². The first-order valence-corrected chi connectivity index (χ1v) is 23.0. The Balaban J connectivity index is 0.00000642. The molecule has 9 aromatic rings. The van der Waals surface area contributed by atoms with Gasteiger partial charge in [-0.1, -0.05) is 201 Å². The third-order valence-corrected chi connectivity index (χ3v) is 12.7. The van der Waals surface area contributed by atoms with Crippen LogP contribution in [0.4, 0.5) is 0 Å². The van der Waals surface area contributed by atoms with Crippen molar-refractivity contribution in [1.29, 1.82) is 0 Å². The fourth-order valence-corrected chi connectivity index (χ4v) is 9.08. The maximum Gasteiger partial charge on any atom is 0.148 e. The predicted octanol–water partition coefficient (Wildman–Crippen LogP) is 16.8. The summed E-state index contributed by atoms with van der Waals surface area (Å²) in [7, 11) is 0. The summed E-state index contributed by atoms with van der Waals surface area (Å²) in [6, 6.07) is 58.0. The van der Waals surface area contributed by atoms with E-state index in [1.807, 2.05) is 70.3 Å². The zero-order chi connectivity index (χ0) is 48.3. The van der Waals surface area contributed by atoms with Gasteiger partial charge in [0.05, 0.1) is 16.6 Å². The molecule has 0 amide bonds. The normalized spacial score (nSPS) is 12.7. The molecule has 4 nitrogen and oxygen atoms in total. The summed E-state index contributed by atoms with van der Waals surface area (Å²) in [5, 5.41) is 12.5. The van der Waals surface area contributed by atoms with Crippen molar-refractivity contribution in [1.82, 2.24) is 14.5 Å². The van der Waals surface area contributed by atoms with Crippen molar-refractivity contribution in [3.05, 3.63) is 192 Å². The SMILES string of the molecule is [2H]C(C)(C)c1cccc(C([2H])(C)C)c1-c1ccc(-n2c(-c3cc(C(C)(C)C)cc(C(C)(C)C)c3O)nc3c(-c4[c-]c(-c5cc(-c6ccccc6)ccn5)cc(-c5ccccc5)c4)cccc32)cc1.[Pt]. The molecule has 0 atom stereocenters. The second-order valence-electron chi connectivity index (χ2n) is 20.0. The van der Waals surface area contributed by atoms with Crippen molar-refractivity contribution in [2.75, 3.05) is 0 Å². The van der Waals surface area contributed by atoms with Gasteiger partial charge in [0.25, 0.3) is 0 Å². The Morgan fingerprint density at radius 2 is 1.16 bits per heavy atom. The number of fused-ring (bicyclic) bond motifs is 1. The second-order valence-corrected chi connectivity index (χ2v) is 20.0. The van der Waals surface area contributed by atoms with Gasteiger partial charge in [-0.2, -0.15) is 0 Å². The molecule has 0 unspecified atom stereocenters. The molecule has 0 aliphatic heterocycles. The first-order chi connectivity index (χ1) is 32.2. The minimum absolute atomic E-state index is 0. The number of phenols is 1. The van der Waals surface area contributed by atoms with Crippen molar-refractivity contribution in [3.63, 3.8) is 0 Å². The fraction of sp³-hybridized carbons (Fsp3) is 0.226. The Kier molecular flexibility index (Phi) is 12.4. The van der Waals surface area contributed by atoms with E-state index in [9.17, 15) is 5.11 Å². The fourth-order valence-electron chi connectivity index (χ4n) is 9.08.